The molecule has 138 valence electrons. The van der Waals surface area contributed by atoms with Crippen LogP contribution in [0.2, 0.25) is 0 Å². The summed E-state index contributed by atoms with van der Waals surface area (Å²) in [5.41, 5.74) is 1.64. The van der Waals surface area contributed by atoms with Crippen LogP contribution < -0.4 is 5.32 Å². The molecule has 26 heavy (non-hydrogen) atoms. The number of fused-ring (bicyclic) bond motifs is 2. The predicted molar refractivity (Wildman–Crippen MR) is 97.2 cm³/mol. The Hall–Kier alpha value is -2.41. The van der Waals surface area contributed by atoms with Crippen LogP contribution in [0.1, 0.15) is 18.7 Å². The van der Waals surface area contributed by atoms with E-state index in [1.54, 1.807) is 19.2 Å². The van der Waals surface area contributed by atoms with Crippen molar-refractivity contribution in [2.75, 3.05) is 33.7 Å². The minimum Gasteiger partial charge on any atom is -0.341 e. The summed E-state index contributed by atoms with van der Waals surface area (Å²) >= 11 is 0. The van der Waals surface area contributed by atoms with Crippen LogP contribution in [-0.4, -0.2) is 59.1 Å². The number of urea groups is 1. The first-order chi connectivity index (χ1) is 12.5. The van der Waals surface area contributed by atoms with Gasteiger partial charge in [-0.1, -0.05) is 12.1 Å². The lowest BCUT2D eigenvalue weighted by Gasteiger charge is -2.49. The summed E-state index contributed by atoms with van der Waals surface area (Å²) in [5.74, 6) is 0.793. The molecule has 2 aromatic rings. The van der Waals surface area contributed by atoms with Gasteiger partial charge in [-0.05, 0) is 32.0 Å². The fraction of sp³-hybridized carbons (Fsp3) is 0.474. The average molecular weight is 357 g/mol. The van der Waals surface area contributed by atoms with Crippen LogP contribution in [0.5, 0.6) is 0 Å². The molecule has 1 aromatic carbocycles. The Balaban J connectivity index is 1.69. The lowest BCUT2D eigenvalue weighted by Crippen LogP contribution is -2.57. The molecular weight excluding hydrogens is 333 g/mol. The van der Waals surface area contributed by atoms with Gasteiger partial charge in [0.25, 0.3) is 0 Å². The number of amides is 2. The van der Waals surface area contributed by atoms with Crippen LogP contribution in [0.3, 0.4) is 0 Å². The number of hydrogen-bond acceptors (Lipinski definition) is 3. The van der Waals surface area contributed by atoms with E-state index in [1.165, 1.54) is 6.07 Å². The van der Waals surface area contributed by atoms with Gasteiger partial charge in [0, 0.05) is 38.8 Å². The number of nitrogens with zero attached hydrogens (tertiary/aromatic N) is 4. The van der Waals surface area contributed by atoms with Crippen LogP contribution >= 0.6 is 0 Å². The highest BCUT2D eigenvalue weighted by molar-refractivity contribution is 5.74. The number of halogens is 1. The number of benzene rings is 1. The van der Waals surface area contributed by atoms with Crippen LogP contribution in [0.15, 0.2) is 30.5 Å². The molecule has 0 atom stereocenters. The molecule has 4 rings (SSSR count). The molecule has 6 nitrogen and oxygen atoms in total. The molecular formula is C19H24FN5O. The van der Waals surface area contributed by atoms with Crippen molar-refractivity contribution in [3.63, 3.8) is 0 Å². The summed E-state index contributed by atoms with van der Waals surface area (Å²) < 4.78 is 15.9. The van der Waals surface area contributed by atoms with Crippen molar-refractivity contribution in [1.29, 1.82) is 0 Å². The number of carbonyl (C=O) groups is 1. The highest BCUT2D eigenvalue weighted by atomic mass is 19.1. The van der Waals surface area contributed by atoms with Gasteiger partial charge in [-0.15, -0.1) is 0 Å². The fourth-order valence-electron chi connectivity index (χ4n) is 4.33. The molecule has 0 bridgehead atoms. The van der Waals surface area contributed by atoms with Gasteiger partial charge in [0.1, 0.15) is 11.6 Å². The van der Waals surface area contributed by atoms with E-state index < -0.39 is 0 Å². The first kappa shape index (κ1) is 17.0. The standard InChI is InChI=1S/C19H24FN5O/c1-21-18(26)24-8-6-19(7-9-24)17-22-13-16(25(17)11-10-23(19)2)14-4-3-5-15(20)12-14/h3-5,12-13H,6-11H2,1-2H3,(H,21,26). The number of piperidine rings is 1. The number of carbonyl (C=O) groups excluding carboxylic acids is 1. The molecule has 1 aromatic heterocycles. The molecule has 2 amide bonds. The van der Waals surface area contributed by atoms with Crippen molar-refractivity contribution < 1.29 is 9.18 Å². The average Bonchev–Trinajstić information content (AvgIpc) is 3.10. The highest BCUT2D eigenvalue weighted by Crippen LogP contribution is 2.41. The molecule has 3 heterocycles. The van der Waals surface area contributed by atoms with Gasteiger partial charge in [-0.25, -0.2) is 14.2 Å². The van der Waals surface area contributed by atoms with Crippen LogP contribution in [0.25, 0.3) is 11.3 Å². The molecule has 0 saturated carbocycles. The largest absolute Gasteiger partial charge is 0.341 e. The number of likely N-dealkylation sites (N-methyl/N-ethyl adjacent to an activating group) is 1. The Labute approximate surface area is 152 Å². The van der Waals surface area contributed by atoms with Gasteiger partial charge in [0.15, 0.2) is 0 Å². The molecule has 0 aliphatic carbocycles. The number of aromatic nitrogens is 2. The summed E-state index contributed by atoms with van der Waals surface area (Å²) in [6.45, 7) is 3.14. The van der Waals surface area contributed by atoms with Crippen LogP contribution in [0, 0.1) is 5.82 Å². The smallest absolute Gasteiger partial charge is 0.317 e. The van der Waals surface area contributed by atoms with Crippen LogP contribution in [0.4, 0.5) is 9.18 Å². The SMILES string of the molecule is CNC(=O)N1CCC2(CC1)c1ncc(-c3cccc(F)c3)n1CCN2C. The molecule has 0 unspecified atom stereocenters. The van der Waals surface area contributed by atoms with E-state index in [-0.39, 0.29) is 17.4 Å². The maximum atomic E-state index is 13.7. The van der Waals surface area contributed by atoms with Crippen LogP contribution in [-0.2, 0) is 12.1 Å². The van der Waals surface area contributed by atoms with E-state index in [4.69, 9.17) is 4.98 Å². The zero-order valence-corrected chi connectivity index (χ0v) is 15.2. The van der Waals surface area contributed by atoms with E-state index in [2.05, 4.69) is 21.8 Å². The highest BCUT2D eigenvalue weighted by Gasteiger charge is 2.46. The third kappa shape index (κ3) is 2.58. The maximum absolute atomic E-state index is 13.7. The van der Waals surface area contributed by atoms with Crippen molar-refractivity contribution in [3.8, 4) is 11.3 Å². The Morgan fingerprint density at radius 2 is 2.00 bits per heavy atom. The molecule has 1 saturated heterocycles. The van der Waals surface area contributed by atoms with Crippen molar-refractivity contribution in [2.24, 2.45) is 0 Å². The lowest BCUT2D eigenvalue weighted by atomic mass is 9.83. The minimum atomic E-state index is -0.237. The van der Waals surface area contributed by atoms with Gasteiger partial charge in [0.05, 0.1) is 17.4 Å². The molecule has 1 fully saturated rings. The van der Waals surface area contributed by atoms with E-state index in [0.717, 1.165) is 43.0 Å². The number of hydrogen-bond donors (Lipinski definition) is 1. The Morgan fingerprint density at radius 3 is 2.69 bits per heavy atom. The molecule has 1 N–H and O–H groups in total. The molecule has 2 aliphatic heterocycles. The summed E-state index contributed by atoms with van der Waals surface area (Å²) in [6.07, 6.45) is 3.54. The molecule has 0 radical (unpaired) electrons. The third-order valence-corrected chi connectivity index (χ3v) is 5.87. The van der Waals surface area contributed by atoms with Gasteiger partial charge >= 0.3 is 6.03 Å². The number of likely N-dealkylation sites (tertiary alicyclic amines) is 1. The van der Waals surface area contributed by atoms with Crippen molar-refractivity contribution in [3.05, 3.63) is 42.1 Å². The zero-order valence-electron chi connectivity index (χ0n) is 15.2. The predicted octanol–water partition coefficient (Wildman–Crippen LogP) is 2.27. The Kier molecular flexibility index (Phi) is 4.19. The summed E-state index contributed by atoms with van der Waals surface area (Å²) in [7, 11) is 3.80. The number of imidazole rings is 1. The van der Waals surface area contributed by atoms with E-state index in [1.807, 2.05) is 17.2 Å². The van der Waals surface area contributed by atoms with E-state index >= 15 is 0 Å². The maximum Gasteiger partial charge on any atom is 0.317 e. The van der Waals surface area contributed by atoms with Gasteiger partial charge in [-0.2, -0.15) is 0 Å². The normalized spacial score (nSPS) is 19.4. The topological polar surface area (TPSA) is 53.4 Å². The molecule has 2 aliphatic rings. The van der Waals surface area contributed by atoms with Crippen molar-refractivity contribution in [2.45, 2.75) is 24.9 Å². The first-order valence-electron chi connectivity index (χ1n) is 9.05. The first-order valence-corrected chi connectivity index (χ1v) is 9.05. The number of nitrogens with one attached hydrogen (secondary N) is 1. The molecule has 1 spiro atoms. The van der Waals surface area contributed by atoms with Crippen molar-refractivity contribution >= 4 is 6.03 Å². The number of rotatable bonds is 1. The van der Waals surface area contributed by atoms with E-state index in [9.17, 15) is 9.18 Å². The third-order valence-electron chi connectivity index (χ3n) is 5.87. The second-order valence-corrected chi connectivity index (χ2v) is 7.12. The minimum absolute atomic E-state index is 0.0258. The molecule has 7 heteroatoms. The summed E-state index contributed by atoms with van der Waals surface area (Å²) in [5, 5.41) is 2.70. The van der Waals surface area contributed by atoms with Crippen molar-refractivity contribution in [1.82, 2.24) is 24.7 Å². The summed E-state index contributed by atoms with van der Waals surface area (Å²) in [4.78, 5) is 20.9. The van der Waals surface area contributed by atoms with Gasteiger partial charge < -0.3 is 14.8 Å². The van der Waals surface area contributed by atoms with Gasteiger partial charge in [0.2, 0.25) is 0 Å². The Morgan fingerprint density at radius 1 is 1.23 bits per heavy atom. The quantitative estimate of drug-likeness (QED) is 0.852. The summed E-state index contributed by atoms with van der Waals surface area (Å²) in [6, 6.07) is 6.65. The lowest BCUT2D eigenvalue weighted by molar-refractivity contribution is 0.0188. The second kappa shape index (κ2) is 6.39. The Bertz CT molecular complexity index is 825. The fourth-order valence-corrected chi connectivity index (χ4v) is 4.33. The zero-order chi connectivity index (χ0) is 18.3. The second-order valence-electron chi connectivity index (χ2n) is 7.12. The van der Waals surface area contributed by atoms with Gasteiger partial charge in [-0.3, -0.25) is 4.90 Å². The van der Waals surface area contributed by atoms with E-state index in [0.29, 0.717) is 13.1 Å². The monoisotopic (exact) mass is 357 g/mol.